The lowest BCUT2D eigenvalue weighted by Crippen LogP contribution is -2.43. The molecule has 1 rings (SSSR count). The minimum atomic E-state index is -3.71. The van der Waals surface area contributed by atoms with E-state index < -0.39 is 21.2 Å². The Labute approximate surface area is 101 Å². The number of carbonyl (C=O) groups is 1. The Morgan fingerprint density at radius 3 is 2.59 bits per heavy atom. The summed E-state index contributed by atoms with van der Waals surface area (Å²) in [5.41, 5.74) is 0. The maximum atomic E-state index is 12.1. The lowest BCUT2D eigenvalue weighted by Gasteiger charge is -2.23. The molecular weight excluding hydrogens is 244 g/mol. The van der Waals surface area contributed by atoms with E-state index in [4.69, 9.17) is 5.26 Å². The van der Waals surface area contributed by atoms with E-state index in [2.05, 4.69) is 4.74 Å². The molecule has 0 amide bonds. The van der Waals surface area contributed by atoms with E-state index in [-0.39, 0.29) is 19.0 Å². The van der Waals surface area contributed by atoms with E-state index >= 15 is 0 Å². The summed E-state index contributed by atoms with van der Waals surface area (Å²) in [5.74, 6) is -0.771. The Bertz CT molecular complexity index is 422. The van der Waals surface area contributed by atoms with Crippen molar-refractivity contribution in [3.05, 3.63) is 0 Å². The Balaban J connectivity index is 2.84. The first-order valence-corrected chi connectivity index (χ1v) is 6.91. The smallest absolute Gasteiger partial charge is 0.325 e. The van der Waals surface area contributed by atoms with Crippen molar-refractivity contribution in [2.75, 3.05) is 13.7 Å². The van der Waals surface area contributed by atoms with E-state index in [1.165, 1.54) is 11.2 Å². The molecule has 1 unspecified atom stereocenters. The Kier molecular flexibility index (Phi) is 4.48. The van der Waals surface area contributed by atoms with Gasteiger partial charge in [-0.05, 0) is 19.8 Å². The van der Waals surface area contributed by atoms with Crippen molar-refractivity contribution in [1.29, 1.82) is 5.26 Å². The molecule has 0 bridgehead atoms. The van der Waals surface area contributed by atoms with Gasteiger partial charge in [0.1, 0.15) is 0 Å². The van der Waals surface area contributed by atoms with Crippen molar-refractivity contribution in [2.24, 2.45) is 0 Å². The van der Waals surface area contributed by atoms with Crippen LogP contribution in [-0.4, -0.2) is 43.6 Å². The third kappa shape index (κ3) is 3.17. The largest absolute Gasteiger partial charge is 0.468 e. The third-order valence-electron chi connectivity index (χ3n) is 2.70. The minimum absolute atomic E-state index is 0.0551. The number of hydrogen-bond acceptors (Lipinski definition) is 5. The fourth-order valence-electron chi connectivity index (χ4n) is 1.53. The molecule has 17 heavy (non-hydrogen) atoms. The van der Waals surface area contributed by atoms with Crippen LogP contribution >= 0.6 is 0 Å². The van der Waals surface area contributed by atoms with Gasteiger partial charge in [0.2, 0.25) is 10.0 Å². The van der Waals surface area contributed by atoms with Crippen molar-refractivity contribution in [2.45, 2.75) is 37.5 Å². The van der Waals surface area contributed by atoms with Gasteiger partial charge in [0, 0.05) is 19.0 Å². The second kappa shape index (κ2) is 5.47. The van der Waals surface area contributed by atoms with Crippen molar-refractivity contribution >= 4 is 16.0 Å². The van der Waals surface area contributed by atoms with Crippen LogP contribution in [0.2, 0.25) is 0 Å². The monoisotopic (exact) mass is 260 g/mol. The summed E-state index contributed by atoms with van der Waals surface area (Å²) in [6.45, 7) is 1.45. The molecule has 0 radical (unpaired) electrons. The SMILES string of the molecule is COC(=O)C(C)S(=O)(=O)N(CCC#N)C1CC1. The van der Waals surface area contributed by atoms with Gasteiger partial charge >= 0.3 is 5.97 Å². The first kappa shape index (κ1) is 13.9. The van der Waals surface area contributed by atoms with Crippen molar-refractivity contribution < 1.29 is 17.9 Å². The molecule has 1 saturated carbocycles. The van der Waals surface area contributed by atoms with E-state index in [1.807, 2.05) is 6.07 Å². The molecule has 0 saturated heterocycles. The average Bonchev–Trinajstić information content (AvgIpc) is 3.11. The molecule has 0 aliphatic heterocycles. The molecule has 6 nitrogen and oxygen atoms in total. The van der Waals surface area contributed by atoms with Gasteiger partial charge in [0.05, 0.1) is 13.2 Å². The first-order chi connectivity index (χ1) is 7.95. The van der Waals surface area contributed by atoms with Gasteiger partial charge in [-0.25, -0.2) is 8.42 Å². The predicted octanol–water partition coefficient (Wildman–Crippen LogP) is 0.256. The molecule has 0 heterocycles. The summed E-state index contributed by atoms with van der Waals surface area (Å²) in [6.07, 6.45) is 1.71. The number of hydrogen-bond donors (Lipinski definition) is 0. The van der Waals surface area contributed by atoms with Crippen LogP contribution in [0.25, 0.3) is 0 Å². The van der Waals surface area contributed by atoms with Crippen LogP contribution in [0.1, 0.15) is 26.2 Å². The molecule has 1 aliphatic rings. The first-order valence-electron chi connectivity index (χ1n) is 5.40. The van der Waals surface area contributed by atoms with E-state index in [0.717, 1.165) is 20.0 Å². The van der Waals surface area contributed by atoms with Crippen LogP contribution in [0, 0.1) is 11.3 Å². The molecule has 0 aromatic carbocycles. The second-order valence-electron chi connectivity index (χ2n) is 3.96. The highest BCUT2D eigenvalue weighted by molar-refractivity contribution is 7.90. The Morgan fingerprint density at radius 1 is 1.59 bits per heavy atom. The zero-order valence-corrected chi connectivity index (χ0v) is 10.7. The standard InChI is InChI=1S/C10H16N2O4S/c1-8(10(13)16-2)17(14,15)12(7-3-6-11)9-4-5-9/h8-9H,3-5,7H2,1-2H3. The maximum absolute atomic E-state index is 12.1. The number of ether oxygens (including phenoxy) is 1. The highest BCUT2D eigenvalue weighted by atomic mass is 32.2. The summed E-state index contributed by atoms with van der Waals surface area (Å²) in [5, 5.41) is 7.30. The maximum Gasteiger partial charge on any atom is 0.325 e. The van der Waals surface area contributed by atoms with E-state index in [9.17, 15) is 13.2 Å². The van der Waals surface area contributed by atoms with Gasteiger partial charge in [-0.15, -0.1) is 0 Å². The molecule has 0 aromatic rings. The summed E-state index contributed by atoms with van der Waals surface area (Å²) >= 11 is 0. The summed E-state index contributed by atoms with van der Waals surface area (Å²) < 4.78 is 30.0. The van der Waals surface area contributed by atoms with Crippen molar-refractivity contribution in [1.82, 2.24) is 4.31 Å². The topological polar surface area (TPSA) is 87.5 Å². The summed E-state index contributed by atoms with van der Waals surface area (Å²) in [7, 11) is -2.56. The quantitative estimate of drug-likeness (QED) is 0.639. The Morgan fingerprint density at radius 2 is 2.18 bits per heavy atom. The molecule has 7 heteroatoms. The second-order valence-corrected chi connectivity index (χ2v) is 6.17. The fourth-order valence-corrected chi connectivity index (χ4v) is 3.25. The highest BCUT2D eigenvalue weighted by Gasteiger charge is 2.42. The van der Waals surface area contributed by atoms with Gasteiger partial charge in [0.15, 0.2) is 5.25 Å². The van der Waals surface area contributed by atoms with Crippen LogP contribution in [0.4, 0.5) is 0 Å². The van der Waals surface area contributed by atoms with Gasteiger partial charge in [0.25, 0.3) is 0 Å². The molecule has 0 spiro atoms. The summed E-state index contributed by atoms with van der Waals surface area (Å²) in [6, 6.07) is 1.86. The number of sulfonamides is 1. The van der Waals surface area contributed by atoms with Crippen LogP contribution in [0.15, 0.2) is 0 Å². The molecule has 1 fully saturated rings. The number of carbonyl (C=O) groups excluding carboxylic acids is 1. The van der Waals surface area contributed by atoms with Gasteiger partial charge in [-0.2, -0.15) is 9.57 Å². The van der Waals surface area contributed by atoms with Crippen molar-refractivity contribution in [3.63, 3.8) is 0 Å². The Hall–Kier alpha value is -1.13. The normalized spacial score (nSPS) is 17.5. The number of nitriles is 1. The van der Waals surface area contributed by atoms with Crippen molar-refractivity contribution in [3.8, 4) is 6.07 Å². The number of rotatable bonds is 6. The molecule has 0 N–H and O–H groups in total. The van der Waals surface area contributed by atoms with Crippen LogP contribution in [-0.2, 0) is 19.6 Å². The molecule has 1 atom stereocenters. The molecular formula is C10H16N2O4S. The lowest BCUT2D eigenvalue weighted by molar-refractivity contribution is -0.139. The predicted molar refractivity (Wildman–Crippen MR) is 60.4 cm³/mol. The zero-order chi connectivity index (χ0) is 13.1. The van der Waals surface area contributed by atoms with Crippen LogP contribution in [0.5, 0.6) is 0 Å². The number of nitrogens with zero attached hydrogens (tertiary/aromatic N) is 2. The van der Waals surface area contributed by atoms with Gasteiger partial charge < -0.3 is 4.74 Å². The van der Waals surface area contributed by atoms with Crippen LogP contribution in [0.3, 0.4) is 0 Å². The minimum Gasteiger partial charge on any atom is -0.468 e. The van der Waals surface area contributed by atoms with Gasteiger partial charge in [-0.1, -0.05) is 0 Å². The van der Waals surface area contributed by atoms with E-state index in [0.29, 0.717) is 0 Å². The number of esters is 1. The zero-order valence-electron chi connectivity index (χ0n) is 9.92. The average molecular weight is 260 g/mol. The number of methoxy groups -OCH3 is 1. The highest BCUT2D eigenvalue weighted by Crippen LogP contribution is 2.30. The summed E-state index contributed by atoms with van der Waals surface area (Å²) in [4.78, 5) is 11.3. The third-order valence-corrected chi connectivity index (χ3v) is 4.93. The van der Waals surface area contributed by atoms with Gasteiger partial charge in [-0.3, -0.25) is 4.79 Å². The fraction of sp³-hybridized carbons (Fsp3) is 0.800. The molecule has 1 aliphatic carbocycles. The van der Waals surface area contributed by atoms with Crippen LogP contribution < -0.4 is 0 Å². The molecule has 0 aromatic heterocycles. The molecule has 96 valence electrons. The lowest BCUT2D eigenvalue weighted by atomic mass is 10.4. The van der Waals surface area contributed by atoms with E-state index in [1.54, 1.807) is 0 Å².